The monoisotopic (exact) mass is 498 g/mol. The number of thiophene rings is 1. The molecule has 2 aromatic heterocycles. The Hall–Kier alpha value is -2.94. The smallest absolute Gasteiger partial charge is 0.237 e. The fraction of sp³-hybridized carbons (Fsp3) is 0.370. The fourth-order valence-corrected chi connectivity index (χ4v) is 5.32. The largest absolute Gasteiger partial charge is 0.491 e. The van der Waals surface area contributed by atoms with E-state index in [0.29, 0.717) is 38.2 Å². The second-order valence-corrected chi connectivity index (χ2v) is 9.69. The van der Waals surface area contributed by atoms with Gasteiger partial charge in [-0.2, -0.15) is 0 Å². The Bertz CT molecular complexity index is 1100. The number of ether oxygens (including phenoxy) is 1. The molecule has 1 aliphatic heterocycles. The molecule has 186 valence electrons. The van der Waals surface area contributed by atoms with Crippen molar-refractivity contribution in [3.8, 4) is 5.75 Å². The Morgan fingerprint density at radius 1 is 1.37 bits per heavy atom. The molecule has 3 heterocycles. The number of allylic oxidation sites excluding steroid dienone is 1. The van der Waals surface area contributed by atoms with E-state index in [4.69, 9.17) is 9.15 Å². The Kier molecular flexibility index (Phi) is 8.74. The number of hydrogen-bond acceptors (Lipinski definition) is 6. The summed E-state index contributed by atoms with van der Waals surface area (Å²) in [5.41, 5.74) is 1.08. The highest BCUT2D eigenvalue weighted by Crippen LogP contribution is 2.34. The molecule has 1 aliphatic rings. The van der Waals surface area contributed by atoms with Crippen molar-refractivity contribution in [3.05, 3.63) is 88.8 Å². The molecule has 0 radical (unpaired) electrons. The van der Waals surface area contributed by atoms with E-state index >= 15 is 0 Å². The predicted molar refractivity (Wildman–Crippen MR) is 134 cm³/mol. The molecule has 0 fully saturated rings. The number of aliphatic hydroxyl groups is 1. The molecule has 1 N–H and O–H groups in total. The lowest BCUT2D eigenvalue weighted by molar-refractivity contribution is -0.136. The first-order valence-corrected chi connectivity index (χ1v) is 12.7. The molecule has 35 heavy (non-hydrogen) atoms. The number of aliphatic hydroxyl groups excluding tert-OH is 1. The maximum Gasteiger partial charge on any atom is 0.237 e. The molecular weight excluding hydrogens is 467 g/mol. The third kappa shape index (κ3) is 6.81. The van der Waals surface area contributed by atoms with Crippen LogP contribution in [0.15, 0.2) is 71.2 Å². The van der Waals surface area contributed by atoms with Crippen LogP contribution in [-0.2, 0) is 17.8 Å². The Morgan fingerprint density at radius 3 is 3.03 bits per heavy atom. The van der Waals surface area contributed by atoms with Gasteiger partial charge in [-0.25, -0.2) is 4.39 Å². The van der Waals surface area contributed by atoms with Gasteiger partial charge in [0, 0.05) is 24.0 Å². The first kappa shape index (κ1) is 25.2. The summed E-state index contributed by atoms with van der Waals surface area (Å²) in [5.74, 6) is 0.763. The van der Waals surface area contributed by atoms with Gasteiger partial charge < -0.3 is 19.2 Å². The van der Waals surface area contributed by atoms with Gasteiger partial charge in [-0.15, -0.1) is 17.9 Å². The van der Waals surface area contributed by atoms with Gasteiger partial charge in [-0.3, -0.25) is 9.69 Å². The number of benzene rings is 1. The number of furan rings is 1. The van der Waals surface area contributed by atoms with Crippen LogP contribution in [-0.4, -0.2) is 53.2 Å². The van der Waals surface area contributed by atoms with E-state index in [1.807, 2.05) is 33.4 Å². The van der Waals surface area contributed by atoms with Crippen molar-refractivity contribution in [1.82, 2.24) is 9.80 Å². The second kappa shape index (κ2) is 12.2. The molecule has 1 amide bonds. The predicted octanol–water partition coefficient (Wildman–Crippen LogP) is 4.81. The molecule has 0 aliphatic carbocycles. The van der Waals surface area contributed by atoms with Crippen LogP contribution in [0, 0.1) is 5.82 Å². The summed E-state index contributed by atoms with van der Waals surface area (Å²) in [6.45, 7) is 5.44. The SMILES string of the molecule is C=CCC[C@@H](O)CN(CC(=O)N1CCc2sccc2[C@@H]1COc1cccc(F)c1)Cc1ccco1. The summed E-state index contributed by atoms with van der Waals surface area (Å²) in [5, 5.41) is 12.5. The Morgan fingerprint density at radius 2 is 2.26 bits per heavy atom. The average Bonchev–Trinajstić information content (AvgIpc) is 3.53. The van der Waals surface area contributed by atoms with Crippen molar-refractivity contribution in [3.63, 3.8) is 0 Å². The summed E-state index contributed by atoms with van der Waals surface area (Å²) in [4.78, 5) is 18.6. The van der Waals surface area contributed by atoms with E-state index in [2.05, 4.69) is 6.58 Å². The third-order valence-corrected chi connectivity index (χ3v) is 7.11. The fourth-order valence-electron chi connectivity index (χ4n) is 4.40. The van der Waals surface area contributed by atoms with Crippen molar-refractivity contribution in [1.29, 1.82) is 0 Å². The van der Waals surface area contributed by atoms with E-state index in [9.17, 15) is 14.3 Å². The van der Waals surface area contributed by atoms with Gasteiger partial charge in [0.25, 0.3) is 0 Å². The summed E-state index contributed by atoms with van der Waals surface area (Å²) < 4.78 is 25.0. The molecule has 0 bridgehead atoms. The normalized spacial score (nSPS) is 16.2. The maximum absolute atomic E-state index is 13.6. The van der Waals surface area contributed by atoms with Crippen LogP contribution in [0.1, 0.15) is 35.1 Å². The van der Waals surface area contributed by atoms with E-state index in [0.717, 1.165) is 17.7 Å². The van der Waals surface area contributed by atoms with Gasteiger partial charge in [0.15, 0.2) is 0 Å². The molecule has 1 aromatic carbocycles. The van der Waals surface area contributed by atoms with E-state index in [1.165, 1.54) is 17.0 Å². The number of hydrogen-bond donors (Lipinski definition) is 1. The Balaban J connectivity index is 1.48. The molecule has 4 rings (SSSR count). The highest BCUT2D eigenvalue weighted by atomic mass is 32.1. The number of halogens is 1. The first-order chi connectivity index (χ1) is 17.0. The van der Waals surface area contributed by atoms with E-state index in [1.54, 1.807) is 35.8 Å². The quantitative estimate of drug-likeness (QED) is 0.363. The van der Waals surface area contributed by atoms with Crippen LogP contribution in [0.4, 0.5) is 4.39 Å². The summed E-state index contributed by atoms with van der Waals surface area (Å²) >= 11 is 1.68. The second-order valence-electron chi connectivity index (χ2n) is 8.69. The molecule has 6 nitrogen and oxygen atoms in total. The van der Waals surface area contributed by atoms with E-state index < -0.39 is 6.10 Å². The highest BCUT2D eigenvalue weighted by Gasteiger charge is 2.33. The molecule has 3 aromatic rings. The lowest BCUT2D eigenvalue weighted by Crippen LogP contribution is -2.47. The zero-order chi connectivity index (χ0) is 24.6. The molecule has 0 spiro atoms. The molecule has 0 saturated heterocycles. The Labute approximate surface area is 209 Å². The van der Waals surface area contributed by atoms with Crippen LogP contribution in [0.5, 0.6) is 5.75 Å². The topological polar surface area (TPSA) is 66.2 Å². The lowest BCUT2D eigenvalue weighted by Gasteiger charge is -2.37. The number of amides is 1. The number of nitrogens with zero attached hydrogens (tertiary/aromatic N) is 2. The van der Waals surface area contributed by atoms with Gasteiger partial charge in [-0.05, 0) is 60.5 Å². The zero-order valence-corrected chi connectivity index (χ0v) is 20.5. The van der Waals surface area contributed by atoms with Gasteiger partial charge in [0.2, 0.25) is 5.91 Å². The molecule has 2 atom stereocenters. The first-order valence-electron chi connectivity index (χ1n) is 11.8. The maximum atomic E-state index is 13.6. The van der Waals surface area contributed by atoms with Crippen LogP contribution >= 0.6 is 11.3 Å². The van der Waals surface area contributed by atoms with Crippen molar-refractivity contribution < 1.29 is 23.4 Å². The molecule has 0 saturated carbocycles. The van der Waals surface area contributed by atoms with Gasteiger partial charge in [-0.1, -0.05) is 12.1 Å². The van der Waals surface area contributed by atoms with Gasteiger partial charge in [0.05, 0.1) is 31.5 Å². The van der Waals surface area contributed by atoms with Gasteiger partial charge in [0.1, 0.15) is 23.9 Å². The van der Waals surface area contributed by atoms with E-state index in [-0.39, 0.29) is 30.9 Å². The molecule has 0 unspecified atom stereocenters. The number of rotatable bonds is 12. The number of carbonyl (C=O) groups excluding carboxylic acids is 1. The lowest BCUT2D eigenvalue weighted by atomic mass is 10.0. The van der Waals surface area contributed by atoms with Crippen molar-refractivity contribution in [2.75, 3.05) is 26.2 Å². The number of fused-ring (bicyclic) bond motifs is 1. The molecule has 8 heteroatoms. The van der Waals surface area contributed by atoms with Crippen LogP contribution < -0.4 is 4.74 Å². The summed E-state index contributed by atoms with van der Waals surface area (Å²) in [6.07, 6.45) is 4.88. The van der Waals surface area contributed by atoms with Crippen LogP contribution in [0.3, 0.4) is 0 Å². The summed E-state index contributed by atoms with van der Waals surface area (Å²) in [6, 6.07) is 11.5. The van der Waals surface area contributed by atoms with Crippen LogP contribution in [0.25, 0.3) is 0 Å². The molecular formula is C27H31FN2O4S. The standard InChI is InChI=1S/C27H31FN2O4S/c1-2-3-7-21(31)16-29(17-23-9-5-13-33-23)18-27(32)30-12-10-26-24(11-14-35-26)25(30)19-34-22-8-4-6-20(28)15-22/h2,4-6,8-9,11,13-15,21,25,31H,1,3,7,10,12,16-19H2/t21-,25+/m1/s1. The zero-order valence-electron chi connectivity index (χ0n) is 19.6. The highest BCUT2D eigenvalue weighted by molar-refractivity contribution is 7.10. The number of carbonyl (C=O) groups is 1. The minimum Gasteiger partial charge on any atom is -0.491 e. The minimum absolute atomic E-state index is 0.0443. The minimum atomic E-state index is -0.576. The van der Waals surface area contributed by atoms with Crippen molar-refractivity contribution >= 4 is 17.2 Å². The summed E-state index contributed by atoms with van der Waals surface area (Å²) in [7, 11) is 0. The van der Waals surface area contributed by atoms with Crippen LogP contribution in [0.2, 0.25) is 0 Å². The van der Waals surface area contributed by atoms with Gasteiger partial charge >= 0.3 is 0 Å². The third-order valence-electron chi connectivity index (χ3n) is 6.11. The van der Waals surface area contributed by atoms with Crippen molar-refractivity contribution in [2.45, 2.75) is 38.0 Å². The average molecular weight is 499 g/mol. The van der Waals surface area contributed by atoms with Crippen molar-refractivity contribution in [2.24, 2.45) is 0 Å².